The molecule has 2 aliphatic carbocycles. The van der Waals surface area contributed by atoms with Crippen molar-refractivity contribution in [1.29, 1.82) is 0 Å². The fourth-order valence-electron chi connectivity index (χ4n) is 13.0. The molecule has 74 heavy (non-hydrogen) atoms. The lowest BCUT2D eigenvalue weighted by atomic mass is 9.74. The van der Waals surface area contributed by atoms with Gasteiger partial charge >= 0.3 is 5.97 Å². The van der Waals surface area contributed by atoms with Crippen molar-refractivity contribution in [3.8, 4) is 22.5 Å². The summed E-state index contributed by atoms with van der Waals surface area (Å²) < 4.78 is 33.4. The van der Waals surface area contributed by atoms with Crippen LogP contribution >= 0.6 is 11.3 Å². The fourth-order valence-corrected chi connectivity index (χ4v) is 14.0. The number of aromatic nitrogens is 3. The number of thiazole rings is 1. The van der Waals surface area contributed by atoms with Gasteiger partial charge in [-0.2, -0.15) is 0 Å². The number of carbonyl (C=O) groups is 3. The average molecular weight is 1030 g/mol. The maximum Gasteiger partial charge on any atom is 0.324 e. The molecule has 10 heterocycles. The fraction of sp³-hybridized carbons (Fsp3) is 0.661. The number of carbonyl (C=O) groups excluding carboxylic acids is 3. The number of pyridine rings is 1. The standard InChI is InChI=1S/C56H75N9O8S/c1-35(69-4)47-42(27-39(31-57-47)62-20-18-61(19-21-62)38-10-11-38)49-43-30-55(2,3)34-72-53(67)44-8-7-17-65(60-44)52(66)48(59-54(68)56-28-36(29-56)32-73-56)50(63-15-5-6-16-63)51-58-45(33-74-51)37-9-12-46(41(43)26-37)64(49)22-25-71-40-13-23-70-24-14-40/h9,12,26-27,31,33,35-36,38,40,44,48,50,60H,5-8,10-11,13-25,28-30,32,34H2,1-4H3,(H,59,68)/t35-,36?,44-,48-,50-,56?/m0/s1. The Balaban J connectivity index is 1.00. The second-order valence-corrected chi connectivity index (χ2v) is 24.1. The van der Waals surface area contributed by atoms with Crippen LogP contribution in [0.15, 0.2) is 35.8 Å². The predicted molar refractivity (Wildman–Crippen MR) is 282 cm³/mol. The summed E-state index contributed by atoms with van der Waals surface area (Å²) in [6, 6.07) is 7.47. The molecule has 6 saturated heterocycles. The number of piperazine rings is 1. The molecule has 18 heteroatoms. The smallest absolute Gasteiger partial charge is 0.324 e. The molecule has 1 aromatic carbocycles. The lowest BCUT2D eigenvalue weighted by molar-refractivity contribution is -0.157. The van der Waals surface area contributed by atoms with Crippen molar-refractivity contribution < 1.29 is 38.1 Å². The molecule has 398 valence electrons. The highest BCUT2D eigenvalue weighted by Gasteiger charge is 2.58. The van der Waals surface area contributed by atoms with Crippen molar-refractivity contribution in [2.75, 3.05) is 90.9 Å². The quantitative estimate of drug-likeness (QED) is 0.149. The van der Waals surface area contributed by atoms with Crippen molar-refractivity contribution >= 4 is 45.7 Å². The zero-order valence-corrected chi connectivity index (χ0v) is 44.6. The van der Waals surface area contributed by atoms with Gasteiger partial charge in [0.15, 0.2) is 0 Å². The first kappa shape index (κ1) is 50.3. The Morgan fingerprint density at radius 2 is 1.77 bits per heavy atom. The minimum Gasteiger partial charge on any atom is -0.464 e. The van der Waals surface area contributed by atoms with E-state index < -0.39 is 35.1 Å². The van der Waals surface area contributed by atoms with Crippen molar-refractivity contribution in [2.45, 2.75) is 140 Å². The molecule has 17 nitrogen and oxygen atoms in total. The van der Waals surface area contributed by atoms with Crippen LogP contribution in [-0.2, 0) is 51.0 Å². The summed E-state index contributed by atoms with van der Waals surface area (Å²) in [5, 5.41) is 8.76. The molecular formula is C56H75N9O8S. The molecule has 8 fully saturated rings. The third kappa shape index (κ3) is 9.91. The molecule has 9 aliphatic rings. The average Bonchev–Trinajstić information content (AvgIpc) is 3.91. The van der Waals surface area contributed by atoms with E-state index in [0.29, 0.717) is 77.5 Å². The molecule has 0 spiro atoms. The van der Waals surface area contributed by atoms with Crippen molar-refractivity contribution in [3.63, 3.8) is 0 Å². The number of likely N-dealkylation sites (tertiary alicyclic amines) is 1. The highest BCUT2D eigenvalue weighted by molar-refractivity contribution is 7.10. The first-order chi connectivity index (χ1) is 35.9. The largest absolute Gasteiger partial charge is 0.464 e. The molecule has 4 aromatic rings. The van der Waals surface area contributed by atoms with Crippen molar-refractivity contribution in [1.82, 2.24) is 40.1 Å². The van der Waals surface area contributed by atoms with Gasteiger partial charge in [0, 0.05) is 98.5 Å². The Kier molecular flexibility index (Phi) is 14.1. The van der Waals surface area contributed by atoms with Crippen LogP contribution in [0.1, 0.15) is 113 Å². The third-order valence-corrected chi connectivity index (χ3v) is 18.3. The van der Waals surface area contributed by atoms with Gasteiger partial charge in [-0.25, -0.2) is 10.4 Å². The summed E-state index contributed by atoms with van der Waals surface area (Å²) in [7, 11) is 1.75. The summed E-state index contributed by atoms with van der Waals surface area (Å²) in [5.74, 6) is -0.579. The topological polar surface area (TPSA) is 165 Å². The maximum absolute atomic E-state index is 15.2. The summed E-state index contributed by atoms with van der Waals surface area (Å²) in [5.41, 5.74) is 9.82. The zero-order chi connectivity index (χ0) is 50.7. The molecule has 7 aliphatic heterocycles. The summed E-state index contributed by atoms with van der Waals surface area (Å²) in [6.45, 7) is 15.5. The number of nitrogens with zero attached hydrogens (tertiary/aromatic N) is 7. The molecule has 0 radical (unpaired) electrons. The number of methoxy groups -OCH3 is 1. The Morgan fingerprint density at radius 3 is 2.51 bits per heavy atom. The highest BCUT2D eigenvalue weighted by atomic mass is 32.1. The van der Waals surface area contributed by atoms with Crippen LogP contribution in [0.3, 0.4) is 0 Å². The number of ether oxygens (including phenoxy) is 5. The van der Waals surface area contributed by atoms with Gasteiger partial charge in [-0.1, -0.05) is 19.9 Å². The van der Waals surface area contributed by atoms with E-state index in [1.807, 2.05) is 6.20 Å². The van der Waals surface area contributed by atoms with Crippen LogP contribution in [0.5, 0.6) is 0 Å². The molecule has 2 amide bonds. The maximum atomic E-state index is 15.2. The number of hydrogen-bond acceptors (Lipinski definition) is 15. The Morgan fingerprint density at radius 1 is 0.973 bits per heavy atom. The lowest BCUT2D eigenvalue weighted by Crippen LogP contribution is -2.64. The number of hydrazine groups is 1. The van der Waals surface area contributed by atoms with Crippen molar-refractivity contribution in [3.05, 3.63) is 52.1 Å². The number of esters is 1. The van der Waals surface area contributed by atoms with Crippen LogP contribution in [0.2, 0.25) is 0 Å². The van der Waals surface area contributed by atoms with Gasteiger partial charge in [0.2, 0.25) is 0 Å². The van der Waals surface area contributed by atoms with Gasteiger partial charge in [0.05, 0.1) is 67.0 Å². The number of benzene rings is 1. The first-order valence-electron chi connectivity index (χ1n) is 27.7. The van der Waals surface area contributed by atoms with E-state index in [1.54, 1.807) is 12.1 Å². The van der Waals surface area contributed by atoms with Crippen LogP contribution in [-0.4, -0.2) is 163 Å². The third-order valence-electron chi connectivity index (χ3n) is 17.4. The lowest BCUT2D eigenvalue weighted by Gasteiger charge is -2.41. The molecular weight excluding hydrogens is 959 g/mol. The number of cyclic esters (lactones) is 1. The zero-order valence-electron chi connectivity index (χ0n) is 43.8. The Bertz CT molecular complexity index is 2710. The number of nitrogens with one attached hydrogen (secondary N) is 2. The van der Waals surface area contributed by atoms with Gasteiger partial charge < -0.3 is 38.5 Å². The monoisotopic (exact) mass is 1030 g/mol. The summed E-state index contributed by atoms with van der Waals surface area (Å²) in [6.07, 6.45) is 11.2. The number of fused-ring (bicyclic) bond motifs is 7. The van der Waals surface area contributed by atoms with Crippen LogP contribution < -0.4 is 15.6 Å². The van der Waals surface area contributed by atoms with Crippen LogP contribution in [0, 0.1) is 11.3 Å². The van der Waals surface area contributed by atoms with E-state index >= 15 is 4.79 Å². The highest BCUT2D eigenvalue weighted by Crippen LogP contribution is 2.49. The normalized spacial score (nSPS) is 28.5. The minimum atomic E-state index is -0.985. The Hall–Kier alpha value is -4.53. The minimum absolute atomic E-state index is 0.131. The van der Waals surface area contributed by atoms with Gasteiger partial charge in [0.1, 0.15) is 22.7 Å². The first-order valence-corrected chi connectivity index (χ1v) is 28.6. The van der Waals surface area contributed by atoms with Gasteiger partial charge in [0.25, 0.3) is 11.8 Å². The van der Waals surface area contributed by atoms with Crippen LogP contribution in [0.4, 0.5) is 5.69 Å². The second-order valence-electron chi connectivity index (χ2n) is 23.2. The summed E-state index contributed by atoms with van der Waals surface area (Å²) >= 11 is 1.53. The van der Waals surface area contributed by atoms with Crippen LogP contribution in [0.25, 0.3) is 33.4 Å². The molecule has 13 rings (SSSR count). The van der Waals surface area contributed by atoms with Gasteiger partial charge in [-0.05, 0) is 120 Å². The van der Waals surface area contributed by atoms with Gasteiger partial charge in [-0.3, -0.25) is 34.2 Å². The van der Waals surface area contributed by atoms with E-state index in [9.17, 15) is 9.59 Å². The number of amides is 2. The Labute approximate surface area is 438 Å². The second kappa shape index (κ2) is 20.8. The molecule has 8 bridgehead atoms. The SMILES string of the molecule is CO[C@@H](C)c1ncc(N2CCN(C3CC3)CC2)cc1-c1c2c3cc(ccc3n1CCOC1CCOCC1)-c1csc(n1)[C@@H](N1CCCC1)[C@H](NC(=O)C13CC(CO1)C3)C(=O)N1CCC[C@H](N1)C(=O)OCC(C)(C)C2. The predicted octanol–water partition coefficient (Wildman–Crippen LogP) is 6.44. The van der Waals surface area contributed by atoms with E-state index in [-0.39, 0.29) is 30.6 Å². The number of anilines is 1. The van der Waals surface area contributed by atoms with E-state index in [4.69, 9.17) is 33.7 Å². The summed E-state index contributed by atoms with van der Waals surface area (Å²) in [4.78, 5) is 62.1. The molecule has 2 N–H and O–H groups in total. The van der Waals surface area contributed by atoms with E-state index in [2.05, 4.69) is 80.4 Å². The number of rotatable bonds is 12. The molecule has 0 unspecified atom stereocenters. The molecule has 2 saturated carbocycles. The molecule has 3 aromatic heterocycles. The number of hydrogen-bond donors (Lipinski definition) is 2. The van der Waals surface area contributed by atoms with Gasteiger partial charge in [-0.15, -0.1) is 11.3 Å². The van der Waals surface area contributed by atoms with E-state index in [0.717, 1.165) is 126 Å². The van der Waals surface area contributed by atoms with E-state index in [1.165, 1.54) is 24.2 Å². The molecule has 4 atom stereocenters. The van der Waals surface area contributed by atoms with Crippen molar-refractivity contribution in [2.24, 2.45) is 11.3 Å².